The maximum atomic E-state index is 5.55. The standard InChI is InChI=1S/C12H10N4O2/c1-3-12(17-7-10-5-6-18-15-10)4-2-11(1)16-9-13-8-14-16/h1-6,8-9H,7H2. The molecule has 0 radical (unpaired) electrons. The highest BCUT2D eigenvalue weighted by Gasteiger charge is 2.00. The van der Waals surface area contributed by atoms with Gasteiger partial charge in [-0.05, 0) is 24.3 Å². The molecule has 0 unspecified atom stereocenters. The second kappa shape index (κ2) is 4.70. The van der Waals surface area contributed by atoms with Gasteiger partial charge in [0.15, 0.2) is 0 Å². The Kier molecular flexibility index (Phi) is 2.75. The molecule has 0 aliphatic rings. The minimum Gasteiger partial charge on any atom is -0.487 e. The lowest BCUT2D eigenvalue weighted by Gasteiger charge is -2.05. The van der Waals surface area contributed by atoms with Crippen molar-refractivity contribution in [3.05, 3.63) is 54.9 Å². The third kappa shape index (κ3) is 2.22. The first-order valence-corrected chi connectivity index (χ1v) is 5.39. The van der Waals surface area contributed by atoms with Gasteiger partial charge < -0.3 is 9.26 Å². The lowest BCUT2D eigenvalue weighted by atomic mass is 10.3. The van der Waals surface area contributed by atoms with Crippen molar-refractivity contribution in [3.8, 4) is 11.4 Å². The van der Waals surface area contributed by atoms with E-state index in [2.05, 4.69) is 15.2 Å². The zero-order valence-electron chi connectivity index (χ0n) is 9.43. The quantitative estimate of drug-likeness (QED) is 0.698. The predicted octanol–water partition coefficient (Wildman–Crippen LogP) is 1.83. The fourth-order valence-corrected chi connectivity index (χ4v) is 1.51. The fourth-order valence-electron chi connectivity index (χ4n) is 1.51. The summed E-state index contributed by atoms with van der Waals surface area (Å²) < 4.78 is 12.0. The van der Waals surface area contributed by atoms with Crippen LogP contribution in [0.25, 0.3) is 5.69 Å². The SMILES string of the molecule is c1ncn(-c2ccc(OCc3ccon3)cc2)n1. The highest BCUT2D eigenvalue weighted by Crippen LogP contribution is 2.15. The molecule has 3 rings (SSSR count). The molecule has 2 heterocycles. The van der Waals surface area contributed by atoms with Crippen LogP contribution in [0.4, 0.5) is 0 Å². The van der Waals surface area contributed by atoms with Crippen LogP contribution in [-0.4, -0.2) is 19.9 Å². The van der Waals surface area contributed by atoms with Crippen molar-refractivity contribution >= 4 is 0 Å². The monoisotopic (exact) mass is 242 g/mol. The second-order valence-electron chi connectivity index (χ2n) is 3.61. The largest absolute Gasteiger partial charge is 0.487 e. The maximum Gasteiger partial charge on any atom is 0.138 e. The summed E-state index contributed by atoms with van der Waals surface area (Å²) in [5.74, 6) is 0.766. The lowest BCUT2D eigenvalue weighted by Crippen LogP contribution is -1.97. The van der Waals surface area contributed by atoms with E-state index in [0.29, 0.717) is 6.61 Å². The highest BCUT2D eigenvalue weighted by atomic mass is 16.5. The van der Waals surface area contributed by atoms with Crippen molar-refractivity contribution in [2.45, 2.75) is 6.61 Å². The summed E-state index contributed by atoms with van der Waals surface area (Å²) >= 11 is 0. The summed E-state index contributed by atoms with van der Waals surface area (Å²) in [5.41, 5.74) is 1.69. The van der Waals surface area contributed by atoms with Gasteiger partial charge in [-0.25, -0.2) is 9.67 Å². The van der Waals surface area contributed by atoms with Gasteiger partial charge in [-0.2, -0.15) is 5.10 Å². The lowest BCUT2D eigenvalue weighted by molar-refractivity contribution is 0.289. The third-order valence-corrected chi connectivity index (χ3v) is 2.40. The van der Waals surface area contributed by atoms with Gasteiger partial charge in [0.25, 0.3) is 0 Å². The number of nitrogens with zero attached hydrogens (tertiary/aromatic N) is 4. The van der Waals surface area contributed by atoms with Gasteiger partial charge in [-0.15, -0.1) is 0 Å². The van der Waals surface area contributed by atoms with Crippen molar-refractivity contribution in [3.63, 3.8) is 0 Å². The van der Waals surface area contributed by atoms with Crippen molar-refractivity contribution in [1.82, 2.24) is 19.9 Å². The van der Waals surface area contributed by atoms with Crippen molar-refractivity contribution in [2.24, 2.45) is 0 Å². The normalized spacial score (nSPS) is 10.4. The van der Waals surface area contributed by atoms with E-state index in [0.717, 1.165) is 17.1 Å². The van der Waals surface area contributed by atoms with Crippen LogP contribution in [0.5, 0.6) is 5.75 Å². The average molecular weight is 242 g/mol. The molecule has 0 atom stereocenters. The molecule has 0 saturated carbocycles. The van der Waals surface area contributed by atoms with Crippen LogP contribution >= 0.6 is 0 Å². The van der Waals surface area contributed by atoms with E-state index < -0.39 is 0 Å². The third-order valence-electron chi connectivity index (χ3n) is 2.40. The smallest absolute Gasteiger partial charge is 0.138 e. The van der Waals surface area contributed by atoms with E-state index in [1.54, 1.807) is 17.1 Å². The highest BCUT2D eigenvalue weighted by molar-refractivity contribution is 5.36. The Labute approximate surface area is 103 Å². The summed E-state index contributed by atoms with van der Waals surface area (Å²) in [6.07, 6.45) is 4.66. The Morgan fingerprint density at radius 1 is 1.17 bits per heavy atom. The summed E-state index contributed by atoms with van der Waals surface area (Å²) in [6.45, 7) is 0.388. The Morgan fingerprint density at radius 3 is 2.72 bits per heavy atom. The van der Waals surface area contributed by atoms with Gasteiger partial charge in [-0.3, -0.25) is 0 Å². The molecular weight excluding hydrogens is 232 g/mol. The van der Waals surface area contributed by atoms with Gasteiger partial charge in [0, 0.05) is 6.07 Å². The van der Waals surface area contributed by atoms with Gasteiger partial charge in [-0.1, -0.05) is 5.16 Å². The number of ether oxygens (including phenoxy) is 1. The number of benzene rings is 1. The molecule has 0 aliphatic heterocycles. The second-order valence-corrected chi connectivity index (χ2v) is 3.61. The number of rotatable bonds is 4. The van der Waals surface area contributed by atoms with E-state index >= 15 is 0 Å². The molecule has 1 aromatic carbocycles. The molecule has 3 aromatic rings. The first-order valence-electron chi connectivity index (χ1n) is 5.39. The average Bonchev–Trinajstić information content (AvgIpc) is 3.10. The van der Waals surface area contributed by atoms with Crippen LogP contribution in [0.15, 0.2) is 53.8 Å². The molecule has 18 heavy (non-hydrogen) atoms. The predicted molar refractivity (Wildman–Crippen MR) is 62.2 cm³/mol. The molecule has 0 spiro atoms. The first-order chi connectivity index (χ1) is 8.92. The zero-order valence-corrected chi connectivity index (χ0v) is 9.43. The Bertz CT molecular complexity index is 588. The van der Waals surface area contributed by atoms with E-state index in [9.17, 15) is 0 Å². The Balaban J connectivity index is 1.68. The molecular formula is C12H10N4O2. The summed E-state index contributed by atoms with van der Waals surface area (Å²) in [4.78, 5) is 3.89. The van der Waals surface area contributed by atoms with Crippen molar-refractivity contribution in [2.75, 3.05) is 0 Å². The molecule has 6 nitrogen and oxygen atoms in total. The zero-order chi connectivity index (χ0) is 12.2. The van der Waals surface area contributed by atoms with Crippen LogP contribution in [0.2, 0.25) is 0 Å². The van der Waals surface area contributed by atoms with Crippen molar-refractivity contribution < 1.29 is 9.26 Å². The molecule has 0 aliphatic carbocycles. The van der Waals surface area contributed by atoms with Gasteiger partial charge in [0.05, 0.1) is 5.69 Å². The molecule has 0 fully saturated rings. The molecule has 2 aromatic heterocycles. The van der Waals surface area contributed by atoms with Crippen LogP contribution in [0.3, 0.4) is 0 Å². The minimum atomic E-state index is 0.388. The minimum absolute atomic E-state index is 0.388. The van der Waals surface area contributed by atoms with Crippen molar-refractivity contribution in [1.29, 1.82) is 0 Å². The number of hydrogen-bond acceptors (Lipinski definition) is 5. The number of aromatic nitrogens is 4. The van der Waals surface area contributed by atoms with Crippen LogP contribution in [0, 0.1) is 0 Å². The van der Waals surface area contributed by atoms with E-state index in [4.69, 9.17) is 9.26 Å². The molecule has 0 amide bonds. The van der Waals surface area contributed by atoms with Crippen LogP contribution in [0.1, 0.15) is 5.69 Å². The maximum absolute atomic E-state index is 5.55. The van der Waals surface area contributed by atoms with Crippen LogP contribution in [-0.2, 0) is 6.61 Å². The van der Waals surface area contributed by atoms with Gasteiger partial charge >= 0.3 is 0 Å². The summed E-state index contributed by atoms with van der Waals surface area (Å²) in [6, 6.07) is 9.33. The first kappa shape index (κ1) is 10.5. The molecule has 90 valence electrons. The Morgan fingerprint density at radius 2 is 2.06 bits per heavy atom. The van der Waals surface area contributed by atoms with Crippen LogP contribution < -0.4 is 4.74 Å². The van der Waals surface area contributed by atoms with E-state index in [-0.39, 0.29) is 0 Å². The van der Waals surface area contributed by atoms with E-state index in [1.807, 2.05) is 24.3 Å². The van der Waals surface area contributed by atoms with Gasteiger partial charge in [0.2, 0.25) is 0 Å². The molecule has 6 heteroatoms. The summed E-state index contributed by atoms with van der Waals surface area (Å²) in [5, 5.41) is 7.81. The van der Waals surface area contributed by atoms with E-state index in [1.165, 1.54) is 12.6 Å². The topological polar surface area (TPSA) is 66.0 Å². The van der Waals surface area contributed by atoms with Gasteiger partial charge in [0.1, 0.15) is 37.0 Å². The summed E-state index contributed by atoms with van der Waals surface area (Å²) in [7, 11) is 0. The number of hydrogen-bond donors (Lipinski definition) is 0. The molecule has 0 N–H and O–H groups in total. The fraction of sp³-hybridized carbons (Fsp3) is 0.0833. The molecule has 0 saturated heterocycles. The Hall–Kier alpha value is -2.63. The molecule has 0 bridgehead atoms.